The molecule has 0 atom stereocenters. The molecule has 0 radical (unpaired) electrons. The third-order valence-corrected chi connectivity index (χ3v) is 3.83. The molecule has 1 aromatic rings. The van der Waals surface area contributed by atoms with Crippen LogP contribution in [0.1, 0.15) is 16.8 Å². The van der Waals surface area contributed by atoms with Crippen molar-refractivity contribution >= 4 is 16.0 Å². The second kappa shape index (κ2) is 6.50. The Morgan fingerprint density at radius 1 is 1.42 bits per heavy atom. The maximum absolute atomic E-state index is 11.9. The maximum Gasteiger partial charge on any atom is 0.335 e. The SMILES string of the molecule is COc1cc(C(=O)O)ccc1S(=O)(=O)NCCCO. The molecule has 0 spiro atoms. The molecule has 8 heteroatoms. The molecule has 0 bridgehead atoms. The van der Waals surface area contributed by atoms with Crippen molar-refractivity contribution in [2.24, 2.45) is 0 Å². The molecule has 1 rings (SSSR count). The normalized spacial score (nSPS) is 11.3. The molecule has 0 saturated carbocycles. The molecule has 19 heavy (non-hydrogen) atoms. The highest BCUT2D eigenvalue weighted by molar-refractivity contribution is 7.89. The Balaban J connectivity index is 3.09. The number of aliphatic hydroxyl groups is 1. The summed E-state index contributed by atoms with van der Waals surface area (Å²) in [6.07, 6.45) is 0.286. The number of methoxy groups -OCH3 is 1. The third kappa shape index (κ3) is 3.91. The van der Waals surface area contributed by atoms with Crippen LogP contribution in [0.3, 0.4) is 0 Å². The number of nitrogens with one attached hydrogen (secondary N) is 1. The lowest BCUT2D eigenvalue weighted by atomic mass is 10.2. The molecule has 0 aromatic heterocycles. The fourth-order valence-corrected chi connectivity index (χ4v) is 2.61. The zero-order chi connectivity index (χ0) is 14.5. The Bertz CT molecular complexity index is 554. The zero-order valence-corrected chi connectivity index (χ0v) is 11.1. The molecule has 0 heterocycles. The summed E-state index contributed by atoms with van der Waals surface area (Å²) >= 11 is 0. The molecule has 106 valence electrons. The van der Waals surface area contributed by atoms with Crippen LogP contribution in [0.15, 0.2) is 23.1 Å². The number of aromatic carboxylic acids is 1. The predicted octanol–water partition coefficient (Wildman–Crippen LogP) is 0.0541. The summed E-state index contributed by atoms with van der Waals surface area (Å²) in [6, 6.07) is 3.50. The molecule has 0 aliphatic rings. The third-order valence-electron chi connectivity index (χ3n) is 2.33. The van der Waals surface area contributed by atoms with Gasteiger partial charge in [-0.15, -0.1) is 0 Å². The van der Waals surface area contributed by atoms with Gasteiger partial charge in [-0.2, -0.15) is 0 Å². The molecular formula is C11H15NO6S. The Hall–Kier alpha value is -1.64. The molecule has 0 aliphatic carbocycles. The van der Waals surface area contributed by atoms with Crippen molar-refractivity contribution in [3.63, 3.8) is 0 Å². The van der Waals surface area contributed by atoms with E-state index in [-0.39, 0.29) is 35.8 Å². The zero-order valence-electron chi connectivity index (χ0n) is 10.3. The van der Waals surface area contributed by atoms with Gasteiger partial charge in [0.2, 0.25) is 10.0 Å². The molecule has 0 fully saturated rings. The molecule has 0 saturated heterocycles. The van der Waals surface area contributed by atoms with Gasteiger partial charge in [0, 0.05) is 13.2 Å². The van der Waals surface area contributed by atoms with Crippen LogP contribution in [0.4, 0.5) is 0 Å². The Kier molecular flexibility index (Phi) is 5.28. The number of hydrogen-bond acceptors (Lipinski definition) is 5. The summed E-state index contributed by atoms with van der Waals surface area (Å²) in [5, 5.41) is 17.4. The van der Waals surface area contributed by atoms with E-state index in [2.05, 4.69) is 4.72 Å². The van der Waals surface area contributed by atoms with E-state index in [1.165, 1.54) is 19.2 Å². The predicted molar refractivity (Wildman–Crippen MR) is 66.8 cm³/mol. The van der Waals surface area contributed by atoms with Gasteiger partial charge < -0.3 is 14.9 Å². The minimum absolute atomic E-state index is 0.0450. The molecule has 3 N–H and O–H groups in total. The molecule has 0 amide bonds. The van der Waals surface area contributed by atoms with Gasteiger partial charge in [-0.3, -0.25) is 0 Å². The maximum atomic E-state index is 11.9. The van der Waals surface area contributed by atoms with Crippen molar-refractivity contribution in [3.05, 3.63) is 23.8 Å². The van der Waals surface area contributed by atoms with Crippen molar-refractivity contribution in [2.45, 2.75) is 11.3 Å². The minimum atomic E-state index is -3.80. The van der Waals surface area contributed by atoms with Crippen molar-refractivity contribution in [3.8, 4) is 5.75 Å². The first kappa shape index (κ1) is 15.4. The van der Waals surface area contributed by atoms with E-state index < -0.39 is 16.0 Å². The van der Waals surface area contributed by atoms with Crippen molar-refractivity contribution in [1.82, 2.24) is 4.72 Å². The Morgan fingerprint density at radius 2 is 2.11 bits per heavy atom. The van der Waals surface area contributed by atoms with Gasteiger partial charge in [-0.25, -0.2) is 17.9 Å². The van der Waals surface area contributed by atoms with Crippen LogP contribution in [0.2, 0.25) is 0 Å². The van der Waals surface area contributed by atoms with Gasteiger partial charge in [0.05, 0.1) is 12.7 Å². The van der Waals surface area contributed by atoms with Gasteiger partial charge in [0.1, 0.15) is 10.6 Å². The summed E-state index contributed by atoms with van der Waals surface area (Å²) in [5.41, 5.74) is -0.0637. The standard InChI is InChI=1S/C11H15NO6S/c1-18-9-7-8(11(14)15)3-4-10(9)19(16,17)12-5-2-6-13/h3-4,7,12-13H,2,5-6H2,1H3,(H,14,15). The van der Waals surface area contributed by atoms with Crippen molar-refractivity contribution in [2.75, 3.05) is 20.3 Å². The average molecular weight is 289 g/mol. The number of aliphatic hydroxyl groups excluding tert-OH is 1. The molecule has 0 unspecified atom stereocenters. The van der Waals surface area contributed by atoms with Crippen molar-refractivity contribution < 1.29 is 28.2 Å². The second-order valence-electron chi connectivity index (χ2n) is 3.65. The topological polar surface area (TPSA) is 113 Å². The van der Waals surface area contributed by atoms with E-state index in [1.807, 2.05) is 0 Å². The lowest BCUT2D eigenvalue weighted by Crippen LogP contribution is -2.25. The van der Waals surface area contributed by atoms with E-state index in [9.17, 15) is 13.2 Å². The lowest BCUT2D eigenvalue weighted by Gasteiger charge is -2.11. The molecule has 0 aliphatic heterocycles. The van der Waals surface area contributed by atoms with Crippen LogP contribution in [0, 0.1) is 0 Å². The van der Waals surface area contributed by atoms with Crippen molar-refractivity contribution in [1.29, 1.82) is 0 Å². The van der Waals surface area contributed by atoms with Crippen LogP contribution < -0.4 is 9.46 Å². The van der Waals surface area contributed by atoms with Gasteiger partial charge in [0.25, 0.3) is 0 Å². The summed E-state index contributed by atoms with van der Waals surface area (Å²) in [5.74, 6) is -1.22. The van der Waals surface area contributed by atoms with Gasteiger partial charge in [-0.1, -0.05) is 0 Å². The first-order chi connectivity index (χ1) is 8.92. The van der Waals surface area contributed by atoms with Gasteiger partial charge >= 0.3 is 5.97 Å². The first-order valence-electron chi connectivity index (χ1n) is 5.44. The number of rotatable bonds is 7. The van der Waals surface area contributed by atoms with E-state index >= 15 is 0 Å². The largest absolute Gasteiger partial charge is 0.495 e. The number of ether oxygens (including phenoxy) is 1. The van der Waals surface area contributed by atoms with Crippen LogP contribution in [0.5, 0.6) is 5.75 Å². The lowest BCUT2D eigenvalue weighted by molar-refractivity contribution is 0.0696. The number of carboxylic acid groups (broad SMARTS) is 1. The monoisotopic (exact) mass is 289 g/mol. The summed E-state index contributed by atoms with van der Waals surface area (Å²) in [7, 11) is -2.54. The number of carbonyl (C=O) groups is 1. The van der Waals surface area contributed by atoms with Crippen LogP contribution >= 0.6 is 0 Å². The molecular weight excluding hydrogens is 274 g/mol. The smallest absolute Gasteiger partial charge is 0.335 e. The minimum Gasteiger partial charge on any atom is -0.495 e. The van der Waals surface area contributed by atoms with Crippen LogP contribution in [-0.2, 0) is 10.0 Å². The number of hydrogen-bond donors (Lipinski definition) is 3. The van der Waals surface area contributed by atoms with E-state index in [0.717, 1.165) is 6.07 Å². The first-order valence-corrected chi connectivity index (χ1v) is 6.92. The average Bonchev–Trinajstić information content (AvgIpc) is 2.38. The highest BCUT2D eigenvalue weighted by Crippen LogP contribution is 2.24. The summed E-state index contributed by atoms with van der Waals surface area (Å²) in [6.45, 7) is -0.0414. The van der Waals surface area contributed by atoms with E-state index in [4.69, 9.17) is 14.9 Å². The Morgan fingerprint density at radius 3 is 2.63 bits per heavy atom. The molecule has 7 nitrogen and oxygen atoms in total. The fourth-order valence-electron chi connectivity index (χ4n) is 1.39. The van der Waals surface area contributed by atoms with E-state index in [0.29, 0.717) is 0 Å². The summed E-state index contributed by atoms with van der Waals surface area (Å²) in [4.78, 5) is 10.7. The number of carboxylic acids is 1. The highest BCUT2D eigenvalue weighted by Gasteiger charge is 2.20. The second-order valence-corrected chi connectivity index (χ2v) is 5.38. The molecule has 1 aromatic carbocycles. The quantitative estimate of drug-likeness (QED) is 0.611. The fraction of sp³-hybridized carbons (Fsp3) is 0.364. The Labute approximate surface area is 110 Å². The van der Waals surface area contributed by atoms with E-state index in [1.54, 1.807) is 0 Å². The number of benzene rings is 1. The van der Waals surface area contributed by atoms with Crippen LogP contribution in [0.25, 0.3) is 0 Å². The highest BCUT2D eigenvalue weighted by atomic mass is 32.2. The van der Waals surface area contributed by atoms with Gasteiger partial charge in [0.15, 0.2) is 0 Å². The van der Waals surface area contributed by atoms with Gasteiger partial charge in [-0.05, 0) is 24.6 Å². The number of sulfonamides is 1. The summed E-state index contributed by atoms with van der Waals surface area (Å²) < 4.78 is 31.1. The van der Waals surface area contributed by atoms with Crippen LogP contribution in [-0.4, -0.2) is 44.9 Å².